The van der Waals surface area contributed by atoms with Gasteiger partial charge in [0.05, 0.1) is 18.0 Å². The summed E-state index contributed by atoms with van der Waals surface area (Å²) in [5.41, 5.74) is 5.81. The van der Waals surface area contributed by atoms with Gasteiger partial charge >= 0.3 is 5.69 Å². The second-order valence-corrected chi connectivity index (χ2v) is 5.42. The standard InChI is InChI=1S/C15H18N4O5/c16-11-6-9(8-4-2-1-3-5-17-8)19(15(23)18-11)14-13(22)12(21)10(7-20)24-14/h1-6,10,12-14,17,20-22H,7H2,(H2,16,18,23)/t10-,12-,13-,14-/m1/s1. The Morgan fingerprint density at radius 1 is 1.29 bits per heavy atom. The van der Waals surface area contributed by atoms with Gasteiger partial charge in [0.15, 0.2) is 6.23 Å². The van der Waals surface area contributed by atoms with Crippen LogP contribution in [0.15, 0.2) is 41.4 Å². The normalized spacial score (nSPS) is 29.2. The van der Waals surface area contributed by atoms with Gasteiger partial charge in [-0.1, -0.05) is 12.2 Å². The van der Waals surface area contributed by atoms with Crippen LogP contribution in [0.25, 0.3) is 5.70 Å². The summed E-state index contributed by atoms with van der Waals surface area (Å²) in [7, 11) is 0. The van der Waals surface area contributed by atoms with Gasteiger partial charge in [-0.25, -0.2) is 4.79 Å². The van der Waals surface area contributed by atoms with E-state index in [-0.39, 0.29) is 5.82 Å². The molecule has 0 spiro atoms. The molecule has 1 saturated heterocycles. The second-order valence-electron chi connectivity index (χ2n) is 5.42. The van der Waals surface area contributed by atoms with Crippen molar-refractivity contribution >= 4 is 11.5 Å². The van der Waals surface area contributed by atoms with E-state index in [2.05, 4.69) is 10.3 Å². The first-order chi connectivity index (χ1) is 11.5. The molecule has 128 valence electrons. The number of aliphatic hydroxyl groups excluding tert-OH is 3. The molecule has 0 amide bonds. The summed E-state index contributed by atoms with van der Waals surface area (Å²) < 4.78 is 6.55. The SMILES string of the molecule is Nc1cc(C2=CC=CC=CN2)n([C@@H]2O[C@H](CO)[C@@H](O)[C@H]2O)c(=O)n1. The molecule has 0 aliphatic carbocycles. The van der Waals surface area contributed by atoms with Crippen molar-refractivity contribution in [3.05, 3.63) is 52.7 Å². The molecule has 9 heteroatoms. The number of aliphatic hydroxyl groups is 3. The van der Waals surface area contributed by atoms with Gasteiger partial charge in [0.2, 0.25) is 0 Å². The van der Waals surface area contributed by atoms with E-state index in [0.29, 0.717) is 11.4 Å². The van der Waals surface area contributed by atoms with Crippen LogP contribution in [-0.2, 0) is 4.74 Å². The summed E-state index contributed by atoms with van der Waals surface area (Å²) in [5, 5.41) is 32.4. The number of aromatic nitrogens is 2. The molecule has 0 bridgehead atoms. The van der Waals surface area contributed by atoms with Crippen molar-refractivity contribution in [2.45, 2.75) is 24.5 Å². The van der Waals surface area contributed by atoms with Gasteiger partial charge in [0.25, 0.3) is 0 Å². The monoisotopic (exact) mass is 334 g/mol. The van der Waals surface area contributed by atoms with Gasteiger partial charge in [-0.3, -0.25) is 4.57 Å². The minimum atomic E-state index is -1.40. The van der Waals surface area contributed by atoms with Crippen LogP contribution < -0.4 is 16.7 Å². The molecule has 1 aromatic rings. The lowest BCUT2D eigenvalue weighted by atomic mass is 10.1. The van der Waals surface area contributed by atoms with E-state index in [4.69, 9.17) is 10.5 Å². The van der Waals surface area contributed by atoms with Crippen LogP contribution in [0.5, 0.6) is 0 Å². The highest BCUT2D eigenvalue weighted by Gasteiger charge is 2.44. The molecule has 4 atom stereocenters. The zero-order valence-corrected chi connectivity index (χ0v) is 12.6. The number of rotatable bonds is 3. The number of nitrogens with one attached hydrogen (secondary N) is 1. The molecule has 3 heterocycles. The predicted octanol–water partition coefficient (Wildman–Crippen LogP) is -1.55. The fourth-order valence-electron chi connectivity index (χ4n) is 2.67. The van der Waals surface area contributed by atoms with Crippen LogP contribution in [0.2, 0.25) is 0 Å². The van der Waals surface area contributed by atoms with Crippen molar-refractivity contribution in [2.75, 3.05) is 12.3 Å². The molecule has 1 fully saturated rings. The highest BCUT2D eigenvalue weighted by atomic mass is 16.6. The Morgan fingerprint density at radius 3 is 2.79 bits per heavy atom. The Bertz CT molecular complexity index is 770. The van der Waals surface area contributed by atoms with Crippen molar-refractivity contribution in [1.29, 1.82) is 0 Å². The zero-order valence-electron chi connectivity index (χ0n) is 12.6. The van der Waals surface area contributed by atoms with Crippen molar-refractivity contribution in [1.82, 2.24) is 14.9 Å². The van der Waals surface area contributed by atoms with Crippen LogP contribution in [0.4, 0.5) is 5.82 Å². The number of hydrogen-bond donors (Lipinski definition) is 5. The summed E-state index contributed by atoms with van der Waals surface area (Å²) in [4.78, 5) is 16.0. The third-order valence-electron chi connectivity index (χ3n) is 3.84. The molecule has 0 unspecified atom stereocenters. The van der Waals surface area contributed by atoms with Gasteiger partial charge in [-0.05, 0) is 12.2 Å². The molecular weight excluding hydrogens is 316 g/mol. The molecule has 0 radical (unpaired) electrons. The van der Waals surface area contributed by atoms with Gasteiger partial charge in [0.1, 0.15) is 24.1 Å². The Balaban J connectivity index is 2.11. The molecule has 2 aliphatic rings. The molecule has 2 aliphatic heterocycles. The Kier molecular flexibility index (Phi) is 4.49. The molecule has 0 saturated carbocycles. The average Bonchev–Trinajstić information content (AvgIpc) is 2.75. The van der Waals surface area contributed by atoms with E-state index in [1.165, 1.54) is 6.07 Å². The van der Waals surface area contributed by atoms with E-state index in [9.17, 15) is 20.1 Å². The molecule has 6 N–H and O–H groups in total. The lowest BCUT2D eigenvalue weighted by Crippen LogP contribution is -2.38. The van der Waals surface area contributed by atoms with Crippen LogP contribution in [0.1, 0.15) is 11.9 Å². The molecule has 24 heavy (non-hydrogen) atoms. The summed E-state index contributed by atoms with van der Waals surface area (Å²) in [6, 6.07) is 1.46. The molecule has 9 nitrogen and oxygen atoms in total. The Labute approximate surface area is 137 Å². The number of anilines is 1. The van der Waals surface area contributed by atoms with E-state index < -0.39 is 36.8 Å². The van der Waals surface area contributed by atoms with Crippen molar-refractivity contribution < 1.29 is 20.1 Å². The van der Waals surface area contributed by atoms with Crippen LogP contribution in [0, 0.1) is 0 Å². The quantitative estimate of drug-likeness (QED) is 0.447. The van der Waals surface area contributed by atoms with Crippen LogP contribution in [-0.4, -0.2) is 49.8 Å². The van der Waals surface area contributed by atoms with E-state index in [1.807, 2.05) is 0 Å². The molecular formula is C15H18N4O5. The van der Waals surface area contributed by atoms with Gasteiger partial charge in [-0.15, -0.1) is 0 Å². The van der Waals surface area contributed by atoms with Crippen LogP contribution >= 0.6 is 0 Å². The third kappa shape index (κ3) is 2.85. The minimum absolute atomic E-state index is 0.0119. The third-order valence-corrected chi connectivity index (χ3v) is 3.84. The summed E-state index contributed by atoms with van der Waals surface area (Å²) in [6.07, 6.45) is 3.76. The predicted molar refractivity (Wildman–Crippen MR) is 85.3 cm³/mol. The maximum atomic E-state index is 12.4. The smallest absolute Gasteiger partial charge is 0.352 e. The van der Waals surface area contributed by atoms with E-state index in [1.54, 1.807) is 30.5 Å². The number of hydrogen-bond acceptors (Lipinski definition) is 8. The average molecular weight is 334 g/mol. The summed E-state index contributed by atoms with van der Waals surface area (Å²) in [6.45, 7) is -0.492. The molecule has 0 aromatic carbocycles. The first kappa shape index (κ1) is 16.4. The van der Waals surface area contributed by atoms with Gasteiger partial charge in [0, 0.05) is 12.3 Å². The topological polar surface area (TPSA) is 143 Å². The maximum Gasteiger partial charge on any atom is 0.352 e. The number of ether oxygens (including phenoxy) is 1. The van der Waals surface area contributed by atoms with Crippen molar-refractivity contribution in [2.24, 2.45) is 0 Å². The lowest BCUT2D eigenvalue weighted by Gasteiger charge is -2.22. The van der Waals surface area contributed by atoms with Gasteiger partial charge in [-0.2, -0.15) is 4.98 Å². The fraction of sp³-hybridized carbons (Fsp3) is 0.333. The summed E-state index contributed by atoms with van der Waals surface area (Å²) in [5.74, 6) is 0.0119. The van der Waals surface area contributed by atoms with Gasteiger partial charge < -0.3 is 31.1 Å². The highest BCUT2D eigenvalue weighted by Crippen LogP contribution is 2.30. The Hall–Kier alpha value is -2.46. The number of nitrogens with zero attached hydrogens (tertiary/aromatic N) is 2. The second kappa shape index (κ2) is 6.57. The fourth-order valence-corrected chi connectivity index (χ4v) is 2.67. The number of nitrogens with two attached hydrogens (primary N) is 1. The minimum Gasteiger partial charge on any atom is -0.394 e. The number of allylic oxidation sites excluding steroid dienone is 4. The lowest BCUT2D eigenvalue weighted by molar-refractivity contribution is -0.0553. The summed E-state index contributed by atoms with van der Waals surface area (Å²) >= 11 is 0. The van der Waals surface area contributed by atoms with Crippen molar-refractivity contribution in [3.63, 3.8) is 0 Å². The molecule has 3 rings (SSSR count). The largest absolute Gasteiger partial charge is 0.394 e. The first-order valence-electron chi connectivity index (χ1n) is 7.35. The highest BCUT2D eigenvalue weighted by molar-refractivity contribution is 5.66. The molecule has 1 aromatic heterocycles. The zero-order chi connectivity index (χ0) is 17.3. The Morgan fingerprint density at radius 2 is 2.08 bits per heavy atom. The van der Waals surface area contributed by atoms with Crippen LogP contribution in [0.3, 0.4) is 0 Å². The first-order valence-corrected chi connectivity index (χ1v) is 7.35. The van der Waals surface area contributed by atoms with Crippen molar-refractivity contribution in [3.8, 4) is 0 Å². The maximum absolute atomic E-state index is 12.4. The van der Waals surface area contributed by atoms with E-state index in [0.717, 1.165) is 4.57 Å². The number of nitrogen functional groups attached to an aromatic ring is 1. The van der Waals surface area contributed by atoms with E-state index >= 15 is 0 Å².